The molecule has 2 aromatic rings. The van der Waals surface area contributed by atoms with Crippen LogP contribution in [0.15, 0.2) is 23.6 Å². The van der Waals surface area contributed by atoms with Gasteiger partial charge >= 0.3 is 5.97 Å². The lowest BCUT2D eigenvalue weighted by Gasteiger charge is -2.03. The Bertz CT molecular complexity index is 568. The SMILES string of the molecule is COc1ccc(-c2csc(C(=O)O)n2)cc1Cl. The molecule has 88 valence electrons. The van der Waals surface area contributed by atoms with Gasteiger partial charge in [0, 0.05) is 10.9 Å². The van der Waals surface area contributed by atoms with Crippen LogP contribution in [0.4, 0.5) is 0 Å². The molecule has 4 nitrogen and oxygen atoms in total. The largest absolute Gasteiger partial charge is 0.495 e. The molecule has 0 radical (unpaired) electrons. The monoisotopic (exact) mass is 269 g/mol. The van der Waals surface area contributed by atoms with E-state index >= 15 is 0 Å². The number of benzene rings is 1. The van der Waals surface area contributed by atoms with Crippen molar-refractivity contribution >= 4 is 28.9 Å². The second-order valence-corrected chi connectivity index (χ2v) is 4.46. The van der Waals surface area contributed by atoms with E-state index in [4.69, 9.17) is 21.4 Å². The fourth-order valence-electron chi connectivity index (χ4n) is 1.33. The third-order valence-corrected chi connectivity index (χ3v) is 3.26. The van der Waals surface area contributed by atoms with Crippen LogP contribution >= 0.6 is 22.9 Å². The van der Waals surface area contributed by atoms with Crippen LogP contribution in [0.2, 0.25) is 5.02 Å². The van der Waals surface area contributed by atoms with Crippen LogP contribution < -0.4 is 4.74 Å². The lowest BCUT2D eigenvalue weighted by atomic mass is 10.2. The Hall–Kier alpha value is -1.59. The zero-order valence-electron chi connectivity index (χ0n) is 8.81. The van der Waals surface area contributed by atoms with Gasteiger partial charge in [-0.15, -0.1) is 11.3 Å². The molecular formula is C11H8ClNO3S. The zero-order valence-corrected chi connectivity index (χ0v) is 10.4. The first-order chi connectivity index (χ1) is 8.11. The maximum atomic E-state index is 10.7. The molecule has 0 unspecified atom stereocenters. The van der Waals surface area contributed by atoms with Crippen molar-refractivity contribution in [3.8, 4) is 17.0 Å². The number of aromatic carboxylic acids is 1. The van der Waals surface area contributed by atoms with Gasteiger partial charge in [0.05, 0.1) is 17.8 Å². The maximum absolute atomic E-state index is 10.7. The van der Waals surface area contributed by atoms with E-state index in [1.807, 2.05) is 0 Å². The Labute approximate surface area is 106 Å². The normalized spacial score (nSPS) is 10.2. The van der Waals surface area contributed by atoms with Crippen molar-refractivity contribution in [3.63, 3.8) is 0 Å². The van der Waals surface area contributed by atoms with Crippen molar-refractivity contribution in [1.29, 1.82) is 0 Å². The Morgan fingerprint density at radius 1 is 1.53 bits per heavy atom. The van der Waals surface area contributed by atoms with E-state index in [0.717, 1.165) is 16.9 Å². The molecule has 0 aliphatic carbocycles. The maximum Gasteiger partial charge on any atom is 0.365 e. The molecule has 1 heterocycles. The highest BCUT2D eigenvalue weighted by Gasteiger charge is 2.11. The predicted molar refractivity (Wildman–Crippen MR) is 66.1 cm³/mol. The lowest BCUT2D eigenvalue weighted by molar-refractivity contribution is 0.0696. The van der Waals surface area contributed by atoms with Gasteiger partial charge in [-0.25, -0.2) is 9.78 Å². The standard InChI is InChI=1S/C11H8ClNO3S/c1-16-9-3-2-6(4-7(9)12)8-5-17-10(13-8)11(14)15/h2-5H,1H3,(H,14,15). The van der Waals surface area contributed by atoms with E-state index in [9.17, 15) is 4.79 Å². The molecule has 0 spiro atoms. The van der Waals surface area contributed by atoms with Crippen molar-refractivity contribution in [2.45, 2.75) is 0 Å². The van der Waals surface area contributed by atoms with Crippen LogP contribution in [-0.2, 0) is 0 Å². The molecule has 1 aromatic heterocycles. The number of nitrogens with zero attached hydrogens (tertiary/aromatic N) is 1. The number of ether oxygens (including phenoxy) is 1. The third kappa shape index (κ3) is 2.40. The average molecular weight is 270 g/mol. The molecule has 0 saturated heterocycles. The van der Waals surface area contributed by atoms with E-state index in [0.29, 0.717) is 16.5 Å². The van der Waals surface area contributed by atoms with E-state index < -0.39 is 5.97 Å². The molecule has 0 atom stereocenters. The Kier molecular flexibility index (Phi) is 3.31. The lowest BCUT2D eigenvalue weighted by Crippen LogP contribution is -1.94. The minimum atomic E-state index is -1.03. The number of rotatable bonds is 3. The van der Waals surface area contributed by atoms with Crippen molar-refractivity contribution < 1.29 is 14.6 Å². The van der Waals surface area contributed by atoms with E-state index in [2.05, 4.69) is 4.98 Å². The number of thiazole rings is 1. The summed E-state index contributed by atoms with van der Waals surface area (Å²) in [7, 11) is 1.53. The second kappa shape index (κ2) is 4.73. The summed E-state index contributed by atoms with van der Waals surface area (Å²) in [6, 6.07) is 5.20. The van der Waals surface area contributed by atoms with Crippen LogP contribution in [-0.4, -0.2) is 23.2 Å². The smallest absolute Gasteiger partial charge is 0.365 e. The predicted octanol–water partition coefficient (Wildman–Crippen LogP) is 3.17. The average Bonchev–Trinajstić information content (AvgIpc) is 2.78. The summed E-state index contributed by atoms with van der Waals surface area (Å²) in [5.41, 5.74) is 1.36. The first kappa shape index (κ1) is 11.9. The van der Waals surface area contributed by atoms with Gasteiger partial charge < -0.3 is 9.84 Å². The molecule has 17 heavy (non-hydrogen) atoms. The number of aromatic nitrogens is 1. The van der Waals surface area contributed by atoms with Crippen LogP contribution in [0.1, 0.15) is 9.80 Å². The summed E-state index contributed by atoms with van der Waals surface area (Å²) in [5, 5.41) is 11.0. The third-order valence-electron chi connectivity index (χ3n) is 2.13. The Balaban J connectivity index is 2.39. The minimum absolute atomic E-state index is 0.0620. The first-order valence-electron chi connectivity index (χ1n) is 4.64. The summed E-state index contributed by atoms with van der Waals surface area (Å²) in [6.07, 6.45) is 0. The van der Waals surface area contributed by atoms with E-state index in [1.54, 1.807) is 23.6 Å². The summed E-state index contributed by atoms with van der Waals surface area (Å²) in [5.74, 6) is -0.454. The van der Waals surface area contributed by atoms with Crippen molar-refractivity contribution in [3.05, 3.63) is 33.6 Å². The fraction of sp³-hybridized carbons (Fsp3) is 0.0909. The minimum Gasteiger partial charge on any atom is -0.495 e. The molecule has 1 aromatic carbocycles. The van der Waals surface area contributed by atoms with Gasteiger partial charge in [-0.3, -0.25) is 0 Å². The number of carboxylic acid groups (broad SMARTS) is 1. The molecule has 0 bridgehead atoms. The van der Waals surface area contributed by atoms with E-state index in [1.165, 1.54) is 7.11 Å². The number of carbonyl (C=O) groups is 1. The quantitative estimate of drug-likeness (QED) is 0.930. The highest BCUT2D eigenvalue weighted by molar-refractivity contribution is 7.11. The topological polar surface area (TPSA) is 59.4 Å². The summed E-state index contributed by atoms with van der Waals surface area (Å²) < 4.78 is 5.04. The Morgan fingerprint density at radius 3 is 2.82 bits per heavy atom. The van der Waals surface area contributed by atoms with Crippen LogP contribution in [0, 0.1) is 0 Å². The highest BCUT2D eigenvalue weighted by Crippen LogP contribution is 2.30. The molecule has 0 fully saturated rings. The number of hydrogen-bond donors (Lipinski definition) is 1. The summed E-state index contributed by atoms with van der Waals surface area (Å²) >= 11 is 7.07. The summed E-state index contributed by atoms with van der Waals surface area (Å²) in [4.78, 5) is 14.7. The van der Waals surface area contributed by atoms with Gasteiger partial charge in [0.1, 0.15) is 5.75 Å². The van der Waals surface area contributed by atoms with Gasteiger partial charge in [-0.05, 0) is 18.2 Å². The molecule has 0 aliphatic rings. The summed E-state index contributed by atoms with van der Waals surface area (Å²) in [6.45, 7) is 0. The molecule has 2 rings (SSSR count). The highest BCUT2D eigenvalue weighted by atomic mass is 35.5. The van der Waals surface area contributed by atoms with Crippen LogP contribution in [0.3, 0.4) is 0 Å². The van der Waals surface area contributed by atoms with Crippen molar-refractivity contribution in [2.75, 3.05) is 7.11 Å². The van der Waals surface area contributed by atoms with Crippen molar-refractivity contribution in [1.82, 2.24) is 4.98 Å². The van der Waals surface area contributed by atoms with Gasteiger partial charge in [-0.1, -0.05) is 11.6 Å². The fourth-order valence-corrected chi connectivity index (χ4v) is 2.25. The number of halogens is 1. The van der Waals surface area contributed by atoms with Crippen LogP contribution in [0.5, 0.6) is 5.75 Å². The molecule has 1 N–H and O–H groups in total. The molecule has 6 heteroatoms. The number of methoxy groups -OCH3 is 1. The van der Waals surface area contributed by atoms with Gasteiger partial charge in [0.25, 0.3) is 0 Å². The second-order valence-electron chi connectivity index (χ2n) is 3.19. The molecule has 0 amide bonds. The molecular weight excluding hydrogens is 262 g/mol. The van der Waals surface area contributed by atoms with E-state index in [-0.39, 0.29) is 5.01 Å². The van der Waals surface area contributed by atoms with Gasteiger partial charge in [0.2, 0.25) is 5.01 Å². The van der Waals surface area contributed by atoms with Gasteiger partial charge in [-0.2, -0.15) is 0 Å². The Morgan fingerprint density at radius 2 is 2.29 bits per heavy atom. The van der Waals surface area contributed by atoms with Crippen LogP contribution in [0.25, 0.3) is 11.3 Å². The van der Waals surface area contributed by atoms with Gasteiger partial charge in [0.15, 0.2) is 0 Å². The first-order valence-corrected chi connectivity index (χ1v) is 5.90. The zero-order chi connectivity index (χ0) is 12.4. The molecule has 0 saturated carbocycles. The number of hydrogen-bond acceptors (Lipinski definition) is 4. The number of carboxylic acids is 1. The molecule has 0 aliphatic heterocycles. The van der Waals surface area contributed by atoms with Crippen molar-refractivity contribution in [2.24, 2.45) is 0 Å².